The predicted molar refractivity (Wildman–Crippen MR) is 82.2 cm³/mol. The van der Waals surface area contributed by atoms with Gasteiger partial charge in [-0.05, 0) is 71.4 Å². The van der Waals surface area contributed by atoms with E-state index < -0.39 is 0 Å². The van der Waals surface area contributed by atoms with Crippen LogP contribution >= 0.6 is 15.9 Å². The monoisotopic (exact) mass is 334 g/mol. The highest BCUT2D eigenvalue weighted by atomic mass is 79.9. The average molecular weight is 335 g/mol. The molecule has 0 spiro atoms. The number of nitrogens with zero attached hydrogens (tertiary/aromatic N) is 1. The van der Waals surface area contributed by atoms with Crippen molar-refractivity contribution >= 4 is 21.6 Å². The maximum Gasteiger partial charge on any atom is 0.123 e. The highest BCUT2D eigenvalue weighted by Crippen LogP contribution is 2.43. The number of rotatable bonds is 4. The van der Waals surface area contributed by atoms with E-state index in [0.717, 1.165) is 21.5 Å². The zero-order valence-electron chi connectivity index (χ0n) is 11.2. The van der Waals surface area contributed by atoms with Crippen molar-refractivity contribution in [1.29, 1.82) is 0 Å². The molecule has 0 saturated heterocycles. The third-order valence-corrected chi connectivity index (χ3v) is 4.13. The Hall–Kier alpha value is -1.42. The number of aryl methyl sites for hydroxylation is 1. The summed E-state index contributed by atoms with van der Waals surface area (Å²) in [7, 11) is 0. The summed E-state index contributed by atoms with van der Waals surface area (Å²) in [5, 5.41) is 3.57. The van der Waals surface area contributed by atoms with Crippen molar-refractivity contribution in [2.75, 3.05) is 5.32 Å². The van der Waals surface area contributed by atoms with Gasteiger partial charge >= 0.3 is 0 Å². The second-order valence-electron chi connectivity index (χ2n) is 5.28. The summed E-state index contributed by atoms with van der Waals surface area (Å²) in [6.45, 7) is 1.99. The molecule has 1 N–H and O–H groups in total. The van der Waals surface area contributed by atoms with Gasteiger partial charge in [0, 0.05) is 0 Å². The molecule has 2 nitrogen and oxygen atoms in total. The molecule has 20 heavy (non-hydrogen) atoms. The van der Waals surface area contributed by atoms with Crippen LogP contribution in [0.25, 0.3) is 0 Å². The molecular formula is C16H16BrFN2. The van der Waals surface area contributed by atoms with Crippen molar-refractivity contribution in [2.24, 2.45) is 5.92 Å². The van der Waals surface area contributed by atoms with Crippen LogP contribution in [0.3, 0.4) is 0 Å². The van der Waals surface area contributed by atoms with Crippen LogP contribution in [-0.2, 0) is 0 Å². The summed E-state index contributed by atoms with van der Waals surface area (Å²) in [6.07, 6.45) is 2.44. The van der Waals surface area contributed by atoms with E-state index in [1.54, 1.807) is 0 Å². The smallest absolute Gasteiger partial charge is 0.123 e. The number of benzene rings is 1. The van der Waals surface area contributed by atoms with Crippen molar-refractivity contribution in [1.82, 2.24) is 4.98 Å². The van der Waals surface area contributed by atoms with Crippen LogP contribution in [-0.4, -0.2) is 4.98 Å². The lowest BCUT2D eigenvalue weighted by molar-refractivity contribution is 0.622. The van der Waals surface area contributed by atoms with E-state index in [-0.39, 0.29) is 11.9 Å². The Kier molecular flexibility index (Phi) is 3.74. The SMILES string of the molecule is Cc1nc(Br)ccc1NC(c1ccc(F)cc1)C1CC1. The summed E-state index contributed by atoms with van der Waals surface area (Å²) in [4.78, 5) is 4.41. The van der Waals surface area contributed by atoms with Gasteiger partial charge < -0.3 is 5.32 Å². The maximum absolute atomic E-state index is 13.1. The van der Waals surface area contributed by atoms with Crippen LogP contribution in [0.15, 0.2) is 41.0 Å². The molecule has 0 bridgehead atoms. The van der Waals surface area contributed by atoms with Crippen molar-refractivity contribution < 1.29 is 4.39 Å². The zero-order chi connectivity index (χ0) is 14.1. The second kappa shape index (κ2) is 5.52. The van der Waals surface area contributed by atoms with Gasteiger partial charge in [-0.25, -0.2) is 9.37 Å². The fraction of sp³-hybridized carbons (Fsp3) is 0.312. The van der Waals surface area contributed by atoms with Crippen LogP contribution < -0.4 is 5.32 Å². The van der Waals surface area contributed by atoms with Gasteiger partial charge in [0.2, 0.25) is 0 Å². The minimum absolute atomic E-state index is 0.190. The largest absolute Gasteiger partial charge is 0.376 e. The van der Waals surface area contributed by atoms with Crippen LogP contribution in [0.4, 0.5) is 10.1 Å². The van der Waals surface area contributed by atoms with Gasteiger partial charge in [-0.3, -0.25) is 0 Å². The molecule has 1 fully saturated rings. The van der Waals surface area contributed by atoms with Crippen molar-refractivity contribution in [3.8, 4) is 0 Å². The summed E-state index contributed by atoms with van der Waals surface area (Å²) < 4.78 is 13.9. The molecule has 2 aromatic rings. The van der Waals surface area contributed by atoms with E-state index in [1.165, 1.54) is 25.0 Å². The van der Waals surface area contributed by atoms with E-state index in [2.05, 4.69) is 26.2 Å². The Morgan fingerprint density at radius 1 is 1.20 bits per heavy atom. The van der Waals surface area contributed by atoms with Crippen molar-refractivity contribution in [3.63, 3.8) is 0 Å². The summed E-state index contributed by atoms with van der Waals surface area (Å²) in [5.41, 5.74) is 3.14. The maximum atomic E-state index is 13.1. The highest BCUT2D eigenvalue weighted by Gasteiger charge is 2.32. The lowest BCUT2D eigenvalue weighted by atomic mass is 10.0. The summed E-state index contributed by atoms with van der Waals surface area (Å²) in [6, 6.07) is 11.0. The molecule has 1 unspecified atom stereocenters. The number of halogens is 2. The molecular weight excluding hydrogens is 319 g/mol. The van der Waals surface area contributed by atoms with Gasteiger partial charge in [0.15, 0.2) is 0 Å². The first-order valence-electron chi connectivity index (χ1n) is 6.78. The molecule has 1 aromatic carbocycles. The van der Waals surface area contributed by atoms with Crippen LogP contribution in [0.5, 0.6) is 0 Å². The Labute approximate surface area is 126 Å². The topological polar surface area (TPSA) is 24.9 Å². The van der Waals surface area contributed by atoms with Gasteiger partial charge in [-0.2, -0.15) is 0 Å². The third kappa shape index (κ3) is 3.01. The van der Waals surface area contributed by atoms with Gasteiger partial charge in [0.05, 0.1) is 17.4 Å². The first-order valence-corrected chi connectivity index (χ1v) is 7.58. The quantitative estimate of drug-likeness (QED) is 0.808. The van der Waals surface area contributed by atoms with E-state index in [4.69, 9.17) is 0 Å². The van der Waals surface area contributed by atoms with Gasteiger partial charge in [-0.15, -0.1) is 0 Å². The first kappa shape index (κ1) is 13.6. The van der Waals surface area contributed by atoms with Crippen LogP contribution in [0, 0.1) is 18.7 Å². The standard InChI is InChI=1S/C16H16BrFN2/c1-10-14(8-9-15(17)19-10)20-16(11-2-3-11)12-4-6-13(18)7-5-12/h4-9,11,16,20H,2-3H2,1H3. The van der Waals surface area contributed by atoms with Crippen LogP contribution in [0.1, 0.15) is 30.1 Å². The molecule has 1 aliphatic carbocycles. The molecule has 104 valence electrons. The molecule has 1 aromatic heterocycles. The molecule has 0 amide bonds. The van der Waals surface area contributed by atoms with Crippen molar-refractivity contribution in [2.45, 2.75) is 25.8 Å². The third-order valence-electron chi connectivity index (χ3n) is 3.69. The summed E-state index contributed by atoms with van der Waals surface area (Å²) in [5.74, 6) is 0.438. The van der Waals surface area contributed by atoms with Gasteiger partial charge in [-0.1, -0.05) is 12.1 Å². The van der Waals surface area contributed by atoms with Crippen molar-refractivity contribution in [3.05, 3.63) is 58.1 Å². The number of anilines is 1. The minimum Gasteiger partial charge on any atom is -0.376 e. The van der Waals surface area contributed by atoms with E-state index in [9.17, 15) is 4.39 Å². The lowest BCUT2D eigenvalue weighted by Gasteiger charge is -2.21. The fourth-order valence-corrected chi connectivity index (χ4v) is 2.82. The van der Waals surface area contributed by atoms with Gasteiger partial charge in [0.1, 0.15) is 10.4 Å². The molecule has 0 radical (unpaired) electrons. The first-order chi connectivity index (χ1) is 9.63. The number of nitrogens with one attached hydrogen (secondary N) is 1. The number of hydrogen-bond acceptors (Lipinski definition) is 2. The lowest BCUT2D eigenvalue weighted by Crippen LogP contribution is -2.14. The molecule has 3 rings (SSSR count). The highest BCUT2D eigenvalue weighted by molar-refractivity contribution is 9.10. The van der Waals surface area contributed by atoms with E-state index in [0.29, 0.717) is 5.92 Å². The zero-order valence-corrected chi connectivity index (χ0v) is 12.8. The normalized spacial score (nSPS) is 15.9. The van der Waals surface area contributed by atoms with E-state index >= 15 is 0 Å². The number of pyridine rings is 1. The Morgan fingerprint density at radius 2 is 1.90 bits per heavy atom. The molecule has 1 saturated carbocycles. The molecule has 1 aliphatic rings. The number of hydrogen-bond donors (Lipinski definition) is 1. The number of aromatic nitrogens is 1. The Balaban J connectivity index is 1.86. The predicted octanol–water partition coefficient (Wildman–Crippen LogP) is 4.85. The Morgan fingerprint density at radius 3 is 2.50 bits per heavy atom. The molecule has 4 heteroatoms. The second-order valence-corrected chi connectivity index (χ2v) is 6.09. The van der Waals surface area contributed by atoms with Crippen LogP contribution in [0.2, 0.25) is 0 Å². The fourth-order valence-electron chi connectivity index (χ4n) is 2.42. The molecule has 1 heterocycles. The Bertz CT molecular complexity index is 608. The molecule has 1 atom stereocenters. The van der Waals surface area contributed by atoms with E-state index in [1.807, 2.05) is 31.2 Å². The molecule has 0 aliphatic heterocycles. The average Bonchev–Trinajstić information content (AvgIpc) is 3.24. The summed E-state index contributed by atoms with van der Waals surface area (Å²) >= 11 is 3.38. The minimum atomic E-state index is -0.190. The van der Waals surface area contributed by atoms with Gasteiger partial charge in [0.25, 0.3) is 0 Å².